The van der Waals surface area contributed by atoms with E-state index in [-0.39, 0.29) is 11.4 Å². The first kappa shape index (κ1) is 13.2. The summed E-state index contributed by atoms with van der Waals surface area (Å²) in [6, 6.07) is 0. The second-order valence-electron chi connectivity index (χ2n) is 4.27. The molecule has 0 saturated heterocycles. The van der Waals surface area contributed by atoms with Crippen molar-refractivity contribution < 1.29 is 9.53 Å². The third-order valence-electron chi connectivity index (χ3n) is 2.61. The zero-order valence-electron chi connectivity index (χ0n) is 9.85. The smallest absolute Gasteiger partial charge is 0.333 e. The first-order valence-electron chi connectivity index (χ1n) is 5.28. The van der Waals surface area contributed by atoms with Gasteiger partial charge in [0.05, 0.1) is 6.61 Å². The van der Waals surface area contributed by atoms with Crippen LogP contribution in [0.4, 0.5) is 0 Å². The first-order chi connectivity index (χ1) is 6.45. The van der Waals surface area contributed by atoms with Crippen molar-refractivity contribution in [3.8, 4) is 0 Å². The molecule has 2 nitrogen and oxygen atoms in total. The van der Waals surface area contributed by atoms with Crippen LogP contribution < -0.4 is 0 Å². The predicted octanol–water partition coefficient (Wildman–Crippen LogP) is 3.32. The van der Waals surface area contributed by atoms with Gasteiger partial charge in [0.15, 0.2) is 0 Å². The van der Waals surface area contributed by atoms with Crippen molar-refractivity contribution in [3.05, 3.63) is 12.2 Å². The van der Waals surface area contributed by atoms with Crippen LogP contribution >= 0.6 is 0 Å². The summed E-state index contributed by atoms with van der Waals surface area (Å²) in [5, 5.41) is 0. The lowest BCUT2D eigenvalue weighted by molar-refractivity contribution is -0.142. The molecule has 0 aromatic carbocycles. The fourth-order valence-electron chi connectivity index (χ4n) is 1.32. The molecule has 0 aliphatic rings. The number of ether oxygens (including phenoxy) is 1. The quantitative estimate of drug-likeness (QED) is 0.483. The predicted molar refractivity (Wildman–Crippen MR) is 59.1 cm³/mol. The Bertz CT molecular complexity index is 208. The molecule has 0 fully saturated rings. The number of carbonyl (C=O) groups is 1. The summed E-state index contributed by atoms with van der Waals surface area (Å²) >= 11 is 0. The molecule has 0 rings (SSSR count). The Balaban J connectivity index is 4.07. The molecule has 14 heavy (non-hydrogen) atoms. The molecule has 0 aromatic heterocycles. The Hall–Kier alpha value is -0.790. The summed E-state index contributed by atoms with van der Waals surface area (Å²) < 4.78 is 5.17. The van der Waals surface area contributed by atoms with Gasteiger partial charge in [0.25, 0.3) is 0 Å². The molecule has 1 atom stereocenters. The van der Waals surface area contributed by atoms with Gasteiger partial charge in [0.1, 0.15) is 0 Å². The van der Waals surface area contributed by atoms with Crippen LogP contribution in [-0.4, -0.2) is 12.6 Å². The van der Waals surface area contributed by atoms with Gasteiger partial charge in [-0.05, 0) is 19.8 Å². The molecule has 0 bridgehead atoms. The van der Waals surface area contributed by atoms with Gasteiger partial charge in [0, 0.05) is 11.0 Å². The standard InChI is InChI=1S/C12H22O2/c1-6-8-12(5,7-2)9-14-11(13)10(3)4/h3,6-9H2,1-2,4-5H3. The van der Waals surface area contributed by atoms with Crippen molar-refractivity contribution >= 4 is 5.97 Å². The molecule has 2 heteroatoms. The Morgan fingerprint density at radius 3 is 2.36 bits per heavy atom. The summed E-state index contributed by atoms with van der Waals surface area (Å²) in [6.07, 6.45) is 3.24. The second kappa shape index (κ2) is 5.84. The van der Waals surface area contributed by atoms with Gasteiger partial charge in [-0.1, -0.05) is 33.8 Å². The molecule has 0 aliphatic carbocycles. The summed E-state index contributed by atoms with van der Waals surface area (Å²) in [7, 11) is 0. The molecule has 82 valence electrons. The van der Waals surface area contributed by atoms with E-state index in [1.807, 2.05) is 0 Å². The zero-order valence-corrected chi connectivity index (χ0v) is 9.85. The van der Waals surface area contributed by atoms with Crippen molar-refractivity contribution in [2.45, 2.75) is 47.0 Å². The van der Waals surface area contributed by atoms with Crippen molar-refractivity contribution in [2.24, 2.45) is 5.41 Å². The van der Waals surface area contributed by atoms with E-state index in [0.29, 0.717) is 12.2 Å². The third-order valence-corrected chi connectivity index (χ3v) is 2.61. The van der Waals surface area contributed by atoms with Gasteiger partial charge in [0.2, 0.25) is 0 Å². The maximum Gasteiger partial charge on any atom is 0.333 e. The highest BCUT2D eigenvalue weighted by Gasteiger charge is 2.23. The molecular formula is C12H22O2. The van der Waals surface area contributed by atoms with E-state index in [1.54, 1.807) is 6.92 Å². The average Bonchev–Trinajstić information content (AvgIpc) is 2.14. The fraction of sp³-hybridized carbons (Fsp3) is 0.750. The van der Waals surface area contributed by atoms with E-state index in [4.69, 9.17) is 4.74 Å². The van der Waals surface area contributed by atoms with Crippen LogP contribution in [-0.2, 0) is 9.53 Å². The highest BCUT2D eigenvalue weighted by atomic mass is 16.5. The molecule has 0 heterocycles. The second-order valence-corrected chi connectivity index (χ2v) is 4.27. The number of rotatable bonds is 6. The first-order valence-corrected chi connectivity index (χ1v) is 5.28. The Morgan fingerprint density at radius 1 is 1.43 bits per heavy atom. The van der Waals surface area contributed by atoms with Crippen molar-refractivity contribution in [1.29, 1.82) is 0 Å². The van der Waals surface area contributed by atoms with E-state index in [9.17, 15) is 4.79 Å². The van der Waals surface area contributed by atoms with Crippen LogP contribution in [0.1, 0.15) is 47.0 Å². The monoisotopic (exact) mass is 198 g/mol. The number of carbonyl (C=O) groups excluding carboxylic acids is 1. The minimum atomic E-state index is -0.277. The third kappa shape index (κ3) is 4.45. The molecule has 0 saturated carbocycles. The molecule has 0 radical (unpaired) electrons. The van der Waals surface area contributed by atoms with Crippen LogP contribution in [0.2, 0.25) is 0 Å². The molecule has 1 unspecified atom stereocenters. The SMILES string of the molecule is C=C(C)C(=O)OCC(C)(CC)CCC. The van der Waals surface area contributed by atoms with Gasteiger partial charge < -0.3 is 4.74 Å². The van der Waals surface area contributed by atoms with Crippen LogP contribution in [0, 0.1) is 5.41 Å². The van der Waals surface area contributed by atoms with Gasteiger partial charge in [-0.2, -0.15) is 0 Å². The number of esters is 1. The zero-order chi connectivity index (χ0) is 11.2. The lowest BCUT2D eigenvalue weighted by Gasteiger charge is -2.27. The van der Waals surface area contributed by atoms with Crippen molar-refractivity contribution in [1.82, 2.24) is 0 Å². The molecule has 0 aliphatic heterocycles. The van der Waals surface area contributed by atoms with E-state index in [0.717, 1.165) is 19.3 Å². The summed E-state index contributed by atoms with van der Waals surface area (Å²) in [6.45, 7) is 12.2. The Morgan fingerprint density at radius 2 is 2.00 bits per heavy atom. The van der Waals surface area contributed by atoms with Gasteiger partial charge in [-0.25, -0.2) is 4.79 Å². The van der Waals surface area contributed by atoms with E-state index in [2.05, 4.69) is 27.4 Å². The Kier molecular flexibility index (Phi) is 5.51. The summed E-state index contributed by atoms with van der Waals surface area (Å²) in [5.41, 5.74) is 0.597. The number of hydrogen-bond acceptors (Lipinski definition) is 2. The Labute approximate surface area is 87.3 Å². The minimum Gasteiger partial charge on any atom is -0.462 e. The van der Waals surface area contributed by atoms with Crippen LogP contribution in [0.25, 0.3) is 0 Å². The molecular weight excluding hydrogens is 176 g/mol. The van der Waals surface area contributed by atoms with Gasteiger partial charge in [-0.3, -0.25) is 0 Å². The maximum atomic E-state index is 11.2. The summed E-state index contributed by atoms with van der Waals surface area (Å²) in [4.78, 5) is 11.2. The molecule has 0 amide bonds. The maximum absolute atomic E-state index is 11.2. The normalized spacial score (nSPS) is 14.6. The van der Waals surface area contributed by atoms with Crippen molar-refractivity contribution in [2.75, 3.05) is 6.61 Å². The molecule has 0 N–H and O–H groups in total. The van der Waals surface area contributed by atoms with E-state index >= 15 is 0 Å². The topological polar surface area (TPSA) is 26.3 Å². The molecule has 0 spiro atoms. The largest absolute Gasteiger partial charge is 0.462 e. The van der Waals surface area contributed by atoms with Crippen molar-refractivity contribution in [3.63, 3.8) is 0 Å². The van der Waals surface area contributed by atoms with Gasteiger partial charge >= 0.3 is 5.97 Å². The van der Waals surface area contributed by atoms with Crippen LogP contribution in [0.5, 0.6) is 0 Å². The minimum absolute atomic E-state index is 0.125. The molecule has 0 aromatic rings. The lowest BCUT2D eigenvalue weighted by Crippen LogP contribution is -2.24. The van der Waals surface area contributed by atoms with Crippen LogP contribution in [0.3, 0.4) is 0 Å². The van der Waals surface area contributed by atoms with Gasteiger partial charge in [-0.15, -0.1) is 0 Å². The lowest BCUT2D eigenvalue weighted by atomic mass is 9.84. The average molecular weight is 198 g/mol. The van der Waals surface area contributed by atoms with E-state index < -0.39 is 0 Å². The van der Waals surface area contributed by atoms with E-state index in [1.165, 1.54) is 0 Å². The number of hydrogen-bond donors (Lipinski definition) is 0. The highest BCUT2D eigenvalue weighted by molar-refractivity contribution is 5.86. The fourth-order valence-corrected chi connectivity index (χ4v) is 1.32. The van der Waals surface area contributed by atoms with Crippen LogP contribution in [0.15, 0.2) is 12.2 Å². The highest BCUT2D eigenvalue weighted by Crippen LogP contribution is 2.27. The summed E-state index contributed by atoms with van der Waals surface area (Å²) in [5.74, 6) is -0.277.